The molecule has 0 aliphatic heterocycles. The highest BCUT2D eigenvalue weighted by molar-refractivity contribution is 8.00. The van der Waals surface area contributed by atoms with E-state index in [9.17, 15) is 9.59 Å². The van der Waals surface area contributed by atoms with Crippen LogP contribution in [0.4, 0.5) is 0 Å². The lowest BCUT2D eigenvalue weighted by Crippen LogP contribution is -2.34. The molecule has 1 aromatic heterocycles. The number of hydrogen-bond acceptors (Lipinski definition) is 6. The molecule has 1 atom stereocenters. The summed E-state index contributed by atoms with van der Waals surface area (Å²) in [4.78, 5) is 30.4. The summed E-state index contributed by atoms with van der Waals surface area (Å²) >= 11 is 1.22. The van der Waals surface area contributed by atoms with Crippen LogP contribution in [0, 0.1) is 0 Å². The number of methoxy groups -OCH3 is 2. The number of para-hydroxylation sites is 3. The predicted octanol–water partition coefficient (Wildman–Crippen LogP) is 2.64. The van der Waals surface area contributed by atoms with Crippen molar-refractivity contribution < 1.29 is 14.3 Å². The van der Waals surface area contributed by atoms with Crippen LogP contribution in [0.15, 0.2) is 58.5 Å². The molecule has 1 N–H and O–H groups in total. The van der Waals surface area contributed by atoms with Crippen LogP contribution in [0.5, 0.6) is 5.75 Å². The largest absolute Gasteiger partial charge is 0.495 e. The minimum Gasteiger partial charge on any atom is -0.495 e. The van der Waals surface area contributed by atoms with Gasteiger partial charge in [-0.25, -0.2) is 4.98 Å². The van der Waals surface area contributed by atoms with Crippen LogP contribution in [0.25, 0.3) is 16.6 Å². The fourth-order valence-corrected chi connectivity index (χ4v) is 3.79. The normalized spacial score (nSPS) is 12.0. The van der Waals surface area contributed by atoms with Crippen molar-refractivity contribution in [2.24, 2.45) is 0 Å². The number of carbonyl (C=O) groups excluding carboxylic acids is 1. The highest BCUT2D eigenvalue weighted by Crippen LogP contribution is 2.29. The second-order valence-corrected chi connectivity index (χ2v) is 7.58. The van der Waals surface area contributed by atoms with Crippen LogP contribution < -0.4 is 15.6 Å². The van der Waals surface area contributed by atoms with Gasteiger partial charge in [0, 0.05) is 13.7 Å². The molecule has 3 rings (SSSR count). The zero-order valence-electron chi connectivity index (χ0n) is 16.5. The molecule has 3 aromatic rings. The first-order chi connectivity index (χ1) is 14.1. The molecule has 0 unspecified atom stereocenters. The van der Waals surface area contributed by atoms with Crippen molar-refractivity contribution in [2.75, 3.05) is 27.4 Å². The van der Waals surface area contributed by atoms with Gasteiger partial charge in [0.15, 0.2) is 5.16 Å². The summed E-state index contributed by atoms with van der Waals surface area (Å²) in [7, 11) is 3.13. The van der Waals surface area contributed by atoms with Gasteiger partial charge < -0.3 is 14.8 Å². The van der Waals surface area contributed by atoms with Gasteiger partial charge in [-0.1, -0.05) is 36.0 Å². The Morgan fingerprint density at radius 2 is 1.90 bits per heavy atom. The van der Waals surface area contributed by atoms with Crippen molar-refractivity contribution in [3.63, 3.8) is 0 Å². The average Bonchev–Trinajstić information content (AvgIpc) is 2.74. The number of thioether (sulfide) groups is 1. The summed E-state index contributed by atoms with van der Waals surface area (Å²) in [5, 5.41) is 3.28. The number of hydrogen-bond donors (Lipinski definition) is 1. The van der Waals surface area contributed by atoms with Crippen LogP contribution in [0.3, 0.4) is 0 Å². The predicted molar refractivity (Wildman–Crippen MR) is 114 cm³/mol. The minimum absolute atomic E-state index is 0.152. The second kappa shape index (κ2) is 9.58. The van der Waals surface area contributed by atoms with Crippen molar-refractivity contribution in [3.05, 3.63) is 58.9 Å². The van der Waals surface area contributed by atoms with E-state index in [0.29, 0.717) is 40.6 Å². The summed E-state index contributed by atoms with van der Waals surface area (Å²) in [5.74, 6) is 0.395. The molecule has 0 saturated heterocycles. The molecule has 0 fully saturated rings. The summed E-state index contributed by atoms with van der Waals surface area (Å²) in [6.07, 6.45) is 0. The van der Waals surface area contributed by atoms with Crippen LogP contribution in [0.2, 0.25) is 0 Å². The lowest BCUT2D eigenvalue weighted by molar-refractivity contribution is -0.120. The van der Waals surface area contributed by atoms with Crippen molar-refractivity contribution >= 4 is 28.6 Å². The monoisotopic (exact) mass is 413 g/mol. The van der Waals surface area contributed by atoms with E-state index in [0.717, 1.165) is 0 Å². The van der Waals surface area contributed by atoms with Crippen molar-refractivity contribution in [1.82, 2.24) is 14.9 Å². The Morgan fingerprint density at radius 3 is 2.66 bits per heavy atom. The van der Waals surface area contributed by atoms with Gasteiger partial charge >= 0.3 is 0 Å². The highest BCUT2D eigenvalue weighted by Gasteiger charge is 2.21. The van der Waals surface area contributed by atoms with Crippen molar-refractivity contribution in [1.29, 1.82) is 0 Å². The Labute approximate surface area is 173 Å². The summed E-state index contributed by atoms with van der Waals surface area (Å²) in [5.41, 5.74) is 0.945. The lowest BCUT2D eigenvalue weighted by Gasteiger charge is -2.18. The zero-order valence-corrected chi connectivity index (χ0v) is 17.4. The van der Waals surface area contributed by atoms with Crippen molar-refractivity contribution in [2.45, 2.75) is 17.3 Å². The fraction of sp³-hybridized carbons (Fsp3) is 0.286. The molecule has 0 radical (unpaired) electrons. The molecule has 1 heterocycles. The first-order valence-electron chi connectivity index (χ1n) is 9.15. The van der Waals surface area contributed by atoms with E-state index < -0.39 is 5.25 Å². The Morgan fingerprint density at radius 1 is 1.17 bits per heavy atom. The fourth-order valence-electron chi connectivity index (χ4n) is 2.85. The van der Waals surface area contributed by atoms with Gasteiger partial charge in [0.25, 0.3) is 5.56 Å². The number of nitrogens with zero attached hydrogens (tertiary/aromatic N) is 2. The number of amides is 1. The van der Waals surface area contributed by atoms with E-state index in [4.69, 9.17) is 9.47 Å². The third-order valence-electron chi connectivity index (χ3n) is 4.33. The second-order valence-electron chi connectivity index (χ2n) is 6.27. The van der Waals surface area contributed by atoms with Crippen LogP contribution >= 0.6 is 11.8 Å². The highest BCUT2D eigenvalue weighted by atomic mass is 32.2. The molecule has 0 saturated carbocycles. The molecule has 1 amide bonds. The topological polar surface area (TPSA) is 82.5 Å². The Balaban J connectivity index is 2.08. The Bertz CT molecular complexity index is 1070. The van der Waals surface area contributed by atoms with E-state index in [2.05, 4.69) is 10.3 Å². The smallest absolute Gasteiger partial charge is 0.266 e. The third kappa shape index (κ3) is 4.60. The van der Waals surface area contributed by atoms with Crippen LogP contribution in [0.1, 0.15) is 6.92 Å². The Hall–Kier alpha value is -2.84. The van der Waals surface area contributed by atoms with Gasteiger partial charge in [0.2, 0.25) is 5.91 Å². The van der Waals surface area contributed by atoms with Crippen molar-refractivity contribution in [3.8, 4) is 11.4 Å². The maximum atomic E-state index is 13.3. The third-order valence-corrected chi connectivity index (χ3v) is 5.38. The maximum Gasteiger partial charge on any atom is 0.266 e. The number of carbonyl (C=O) groups is 1. The number of rotatable bonds is 8. The van der Waals surface area contributed by atoms with Crippen LogP contribution in [-0.4, -0.2) is 48.1 Å². The molecule has 29 heavy (non-hydrogen) atoms. The molecule has 0 aliphatic carbocycles. The zero-order chi connectivity index (χ0) is 20.8. The van der Waals surface area contributed by atoms with Gasteiger partial charge in [-0.05, 0) is 31.2 Å². The quantitative estimate of drug-likeness (QED) is 0.347. The summed E-state index contributed by atoms with van der Waals surface area (Å²) in [6, 6.07) is 14.4. The molecule has 0 spiro atoms. The molecule has 0 bridgehead atoms. The van der Waals surface area contributed by atoms with Gasteiger partial charge in [-0.3, -0.25) is 14.2 Å². The summed E-state index contributed by atoms with van der Waals surface area (Å²) < 4.78 is 11.9. The SMILES string of the molecule is COCCNC(=O)[C@H](C)Sc1nc2ccccc2c(=O)n1-c1ccccc1OC. The molecule has 0 aliphatic rings. The average molecular weight is 413 g/mol. The van der Waals surface area contributed by atoms with Gasteiger partial charge in [0.05, 0.1) is 35.6 Å². The summed E-state index contributed by atoms with van der Waals surface area (Å²) in [6.45, 7) is 2.63. The number of benzene rings is 2. The van der Waals surface area contributed by atoms with E-state index >= 15 is 0 Å². The molecular formula is C21H23N3O4S. The standard InChI is InChI=1S/C21H23N3O4S/c1-14(19(25)22-12-13-27-2)29-21-23-16-9-5-4-8-15(16)20(26)24(21)17-10-6-7-11-18(17)28-3/h4-11,14H,12-13H2,1-3H3,(H,22,25)/t14-/m0/s1. The minimum atomic E-state index is -0.458. The number of aromatic nitrogens is 2. The first-order valence-corrected chi connectivity index (χ1v) is 10.0. The molecular weight excluding hydrogens is 390 g/mol. The van der Waals surface area contributed by atoms with E-state index in [-0.39, 0.29) is 11.5 Å². The number of ether oxygens (including phenoxy) is 2. The Kier molecular flexibility index (Phi) is 6.90. The van der Waals surface area contributed by atoms with Gasteiger partial charge in [-0.2, -0.15) is 0 Å². The number of fused-ring (bicyclic) bond motifs is 1. The molecule has 7 nitrogen and oxygen atoms in total. The number of nitrogens with one attached hydrogen (secondary N) is 1. The first kappa shape index (κ1) is 20.9. The lowest BCUT2D eigenvalue weighted by atomic mass is 10.2. The van der Waals surface area contributed by atoms with E-state index in [1.165, 1.54) is 16.3 Å². The van der Waals surface area contributed by atoms with E-state index in [1.54, 1.807) is 51.5 Å². The molecule has 152 valence electrons. The maximum absolute atomic E-state index is 13.3. The van der Waals surface area contributed by atoms with E-state index in [1.807, 2.05) is 18.2 Å². The van der Waals surface area contributed by atoms with Gasteiger partial charge in [-0.15, -0.1) is 0 Å². The van der Waals surface area contributed by atoms with Crippen LogP contribution in [-0.2, 0) is 9.53 Å². The molecule has 8 heteroatoms. The van der Waals surface area contributed by atoms with Gasteiger partial charge in [0.1, 0.15) is 5.75 Å². The molecule has 2 aromatic carbocycles.